The van der Waals surface area contributed by atoms with Crippen LogP contribution in [0.5, 0.6) is 0 Å². The van der Waals surface area contributed by atoms with E-state index in [1.807, 2.05) is 6.07 Å². The predicted octanol–water partition coefficient (Wildman–Crippen LogP) is 2.09. The molecule has 0 radical (unpaired) electrons. The van der Waals surface area contributed by atoms with E-state index >= 15 is 0 Å². The molecule has 1 unspecified atom stereocenters. The second-order valence-corrected chi connectivity index (χ2v) is 6.00. The fraction of sp³-hybridized carbons (Fsp3) is 0.333. The van der Waals surface area contributed by atoms with Crippen molar-refractivity contribution < 1.29 is 14.7 Å². The van der Waals surface area contributed by atoms with Crippen molar-refractivity contribution in [1.82, 2.24) is 4.90 Å². The van der Waals surface area contributed by atoms with Crippen molar-refractivity contribution in [2.45, 2.75) is 6.04 Å². The Kier molecular flexibility index (Phi) is 4.29. The van der Waals surface area contributed by atoms with Crippen molar-refractivity contribution in [3.63, 3.8) is 0 Å². The molecule has 2 rings (SSSR count). The molecule has 0 spiro atoms. The van der Waals surface area contributed by atoms with Crippen molar-refractivity contribution >= 4 is 39.6 Å². The first-order chi connectivity index (χ1) is 8.59. The predicted molar refractivity (Wildman–Crippen MR) is 73.9 cm³/mol. The average Bonchev–Trinajstić information content (AvgIpc) is 2.38. The highest BCUT2D eigenvalue weighted by atomic mass is 79.9. The lowest BCUT2D eigenvalue weighted by atomic mass is 10.1. The SMILES string of the molecule is O=C(O)C1CSCCN1C(=O)c1cccc(Br)c1. The van der Waals surface area contributed by atoms with E-state index in [0.29, 0.717) is 17.9 Å². The third-order valence-electron chi connectivity index (χ3n) is 2.75. The van der Waals surface area contributed by atoms with Crippen LogP contribution in [0.1, 0.15) is 10.4 Å². The molecule has 1 atom stereocenters. The summed E-state index contributed by atoms with van der Waals surface area (Å²) in [7, 11) is 0. The summed E-state index contributed by atoms with van der Waals surface area (Å²) in [6, 6.07) is 6.29. The first kappa shape index (κ1) is 13.4. The van der Waals surface area contributed by atoms with Crippen LogP contribution in [0, 0.1) is 0 Å². The number of carbonyl (C=O) groups excluding carboxylic acids is 1. The van der Waals surface area contributed by atoms with E-state index in [9.17, 15) is 9.59 Å². The molecule has 1 aliphatic heterocycles. The van der Waals surface area contributed by atoms with Gasteiger partial charge >= 0.3 is 5.97 Å². The average molecular weight is 330 g/mol. The molecule has 0 aliphatic carbocycles. The summed E-state index contributed by atoms with van der Waals surface area (Å²) in [4.78, 5) is 24.9. The second kappa shape index (κ2) is 5.75. The number of benzene rings is 1. The van der Waals surface area contributed by atoms with Crippen LogP contribution >= 0.6 is 27.7 Å². The highest BCUT2D eigenvalue weighted by molar-refractivity contribution is 9.10. The Morgan fingerprint density at radius 2 is 2.22 bits per heavy atom. The maximum Gasteiger partial charge on any atom is 0.327 e. The first-order valence-corrected chi connectivity index (χ1v) is 7.41. The first-order valence-electron chi connectivity index (χ1n) is 5.46. The van der Waals surface area contributed by atoms with Crippen LogP contribution in [0.15, 0.2) is 28.7 Å². The Morgan fingerprint density at radius 1 is 1.44 bits per heavy atom. The van der Waals surface area contributed by atoms with Gasteiger partial charge in [-0.2, -0.15) is 11.8 Å². The van der Waals surface area contributed by atoms with Gasteiger partial charge in [-0.15, -0.1) is 0 Å². The summed E-state index contributed by atoms with van der Waals surface area (Å²) >= 11 is 4.87. The third-order valence-corrected chi connectivity index (χ3v) is 4.26. The van der Waals surface area contributed by atoms with E-state index < -0.39 is 12.0 Å². The molecule has 4 nitrogen and oxygen atoms in total. The van der Waals surface area contributed by atoms with Crippen LogP contribution in [-0.2, 0) is 4.79 Å². The van der Waals surface area contributed by atoms with Crippen molar-refractivity contribution in [2.24, 2.45) is 0 Å². The van der Waals surface area contributed by atoms with Crippen LogP contribution in [-0.4, -0.2) is 46.0 Å². The lowest BCUT2D eigenvalue weighted by Gasteiger charge is -2.32. The lowest BCUT2D eigenvalue weighted by Crippen LogP contribution is -2.50. The summed E-state index contributed by atoms with van der Waals surface area (Å²) in [6.07, 6.45) is 0. The standard InChI is InChI=1S/C12H12BrNO3S/c13-9-3-1-2-8(6-9)11(15)14-4-5-18-7-10(14)12(16)17/h1-3,6,10H,4-5,7H2,(H,16,17). The minimum Gasteiger partial charge on any atom is -0.480 e. The van der Waals surface area contributed by atoms with Crippen LogP contribution < -0.4 is 0 Å². The molecular weight excluding hydrogens is 318 g/mol. The van der Waals surface area contributed by atoms with Gasteiger partial charge in [0.2, 0.25) is 0 Å². The van der Waals surface area contributed by atoms with Gasteiger partial charge in [-0.25, -0.2) is 4.79 Å². The maximum absolute atomic E-state index is 12.3. The number of hydrogen-bond donors (Lipinski definition) is 1. The van der Waals surface area contributed by atoms with E-state index in [4.69, 9.17) is 5.11 Å². The lowest BCUT2D eigenvalue weighted by molar-refractivity contribution is -0.141. The zero-order chi connectivity index (χ0) is 13.1. The van der Waals surface area contributed by atoms with Crippen LogP contribution in [0.25, 0.3) is 0 Å². The van der Waals surface area contributed by atoms with Gasteiger partial charge in [0, 0.05) is 28.1 Å². The quantitative estimate of drug-likeness (QED) is 0.902. The molecule has 1 heterocycles. The van der Waals surface area contributed by atoms with Crippen LogP contribution in [0.4, 0.5) is 0 Å². The number of carboxylic acid groups (broad SMARTS) is 1. The summed E-state index contributed by atoms with van der Waals surface area (Å²) in [6.45, 7) is 0.479. The van der Waals surface area contributed by atoms with Crippen LogP contribution in [0.3, 0.4) is 0 Å². The molecule has 1 aromatic carbocycles. The number of amides is 1. The van der Waals surface area contributed by atoms with Gasteiger partial charge in [-0.05, 0) is 18.2 Å². The van der Waals surface area contributed by atoms with Gasteiger partial charge in [-0.3, -0.25) is 4.79 Å². The monoisotopic (exact) mass is 329 g/mol. The van der Waals surface area contributed by atoms with Crippen molar-refractivity contribution in [1.29, 1.82) is 0 Å². The highest BCUT2D eigenvalue weighted by Gasteiger charge is 2.32. The fourth-order valence-corrected chi connectivity index (χ4v) is 3.28. The smallest absolute Gasteiger partial charge is 0.327 e. The number of rotatable bonds is 2. The minimum atomic E-state index is -0.939. The third kappa shape index (κ3) is 2.87. The molecule has 1 aromatic rings. The Hall–Kier alpha value is -1.01. The van der Waals surface area contributed by atoms with Gasteiger partial charge in [0.05, 0.1) is 0 Å². The molecule has 1 fully saturated rings. The van der Waals surface area contributed by atoms with E-state index in [2.05, 4.69) is 15.9 Å². The Labute approximate surface area is 117 Å². The van der Waals surface area contributed by atoms with Gasteiger partial charge in [0.1, 0.15) is 6.04 Å². The normalized spacial score (nSPS) is 19.6. The minimum absolute atomic E-state index is 0.219. The van der Waals surface area contributed by atoms with Crippen molar-refractivity contribution in [3.8, 4) is 0 Å². The maximum atomic E-state index is 12.3. The highest BCUT2D eigenvalue weighted by Crippen LogP contribution is 2.20. The molecule has 0 bridgehead atoms. The Morgan fingerprint density at radius 3 is 2.89 bits per heavy atom. The molecule has 1 amide bonds. The number of hydrogen-bond acceptors (Lipinski definition) is 3. The summed E-state index contributed by atoms with van der Waals surface area (Å²) in [5, 5.41) is 9.14. The largest absolute Gasteiger partial charge is 0.480 e. The van der Waals surface area contributed by atoms with E-state index in [0.717, 1.165) is 10.2 Å². The van der Waals surface area contributed by atoms with E-state index in [1.165, 1.54) is 4.90 Å². The molecule has 0 aromatic heterocycles. The molecule has 6 heteroatoms. The number of thioether (sulfide) groups is 1. The number of aliphatic carboxylic acids is 1. The Bertz CT molecular complexity index is 480. The molecule has 0 saturated carbocycles. The van der Waals surface area contributed by atoms with Crippen LogP contribution in [0.2, 0.25) is 0 Å². The molecular formula is C12H12BrNO3S. The summed E-state index contributed by atoms with van der Waals surface area (Å²) < 4.78 is 0.812. The summed E-state index contributed by atoms with van der Waals surface area (Å²) in [5.41, 5.74) is 0.516. The Balaban J connectivity index is 2.23. The number of carboxylic acids is 1. The molecule has 96 valence electrons. The number of halogens is 1. The summed E-state index contributed by atoms with van der Waals surface area (Å²) in [5.74, 6) is 0.0769. The topological polar surface area (TPSA) is 57.6 Å². The van der Waals surface area contributed by atoms with Gasteiger partial charge in [0.25, 0.3) is 5.91 Å². The number of carbonyl (C=O) groups is 2. The van der Waals surface area contributed by atoms with Crippen molar-refractivity contribution in [3.05, 3.63) is 34.3 Å². The van der Waals surface area contributed by atoms with Gasteiger partial charge in [0.15, 0.2) is 0 Å². The molecule has 1 saturated heterocycles. The van der Waals surface area contributed by atoms with Crippen molar-refractivity contribution in [2.75, 3.05) is 18.1 Å². The number of nitrogens with zero attached hydrogens (tertiary/aromatic N) is 1. The van der Waals surface area contributed by atoms with Gasteiger partial charge < -0.3 is 10.0 Å². The molecule has 1 aliphatic rings. The van der Waals surface area contributed by atoms with Gasteiger partial charge in [-0.1, -0.05) is 22.0 Å². The molecule has 18 heavy (non-hydrogen) atoms. The zero-order valence-corrected chi connectivity index (χ0v) is 11.9. The molecule has 1 N–H and O–H groups in total. The van der Waals surface area contributed by atoms with E-state index in [1.54, 1.807) is 30.0 Å². The zero-order valence-electron chi connectivity index (χ0n) is 9.51. The van der Waals surface area contributed by atoms with E-state index in [-0.39, 0.29) is 5.91 Å². The second-order valence-electron chi connectivity index (χ2n) is 3.94. The fourth-order valence-electron chi connectivity index (χ4n) is 1.84.